The summed E-state index contributed by atoms with van der Waals surface area (Å²) in [5.74, 6) is 0. The maximum atomic E-state index is 10.8. The highest BCUT2D eigenvalue weighted by Gasteiger charge is 2.34. The van der Waals surface area contributed by atoms with Crippen LogP contribution in [-0.4, -0.2) is 15.7 Å². The standard InChI is InChI=1S/C15H24N2O/c1-14(2)5-3-6-15(18,8-7-14)10-12-11-17-9-4-13(12)16/h4,9,11,18H,3,5-8,10H2,1-2H3,(H2,16,17). The maximum Gasteiger partial charge on any atom is 0.0689 e. The van der Waals surface area contributed by atoms with Crippen molar-refractivity contribution < 1.29 is 5.11 Å². The molecule has 1 unspecified atom stereocenters. The van der Waals surface area contributed by atoms with Crippen LogP contribution in [0.1, 0.15) is 51.5 Å². The molecular weight excluding hydrogens is 224 g/mol. The van der Waals surface area contributed by atoms with Crippen molar-refractivity contribution in [1.29, 1.82) is 0 Å². The zero-order valence-corrected chi connectivity index (χ0v) is 11.4. The van der Waals surface area contributed by atoms with Gasteiger partial charge in [-0.3, -0.25) is 4.98 Å². The minimum atomic E-state index is -0.606. The van der Waals surface area contributed by atoms with E-state index in [0.717, 1.165) is 36.9 Å². The lowest BCUT2D eigenvalue weighted by Gasteiger charge is -2.28. The molecule has 1 aliphatic carbocycles. The Labute approximate surface area is 109 Å². The van der Waals surface area contributed by atoms with Crippen LogP contribution in [0.5, 0.6) is 0 Å². The van der Waals surface area contributed by atoms with E-state index in [9.17, 15) is 5.11 Å². The van der Waals surface area contributed by atoms with Crippen LogP contribution in [0.2, 0.25) is 0 Å². The Morgan fingerprint density at radius 2 is 2.06 bits per heavy atom. The molecule has 18 heavy (non-hydrogen) atoms. The van der Waals surface area contributed by atoms with Crippen LogP contribution in [0, 0.1) is 5.41 Å². The lowest BCUT2D eigenvalue weighted by atomic mass is 9.83. The smallest absolute Gasteiger partial charge is 0.0689 e. The molecule has 0 bridgehead atoms. The van der Waals surface area contributed by atoms with Gasteiger partial charge in [-0.1, -0.05) is 20.3 Å². The van der Waals surface area contributed by atoms with Gasteiger partial charge in [0.25, 0.3) is 0 Å². The molecule has 0 amide bonds. The zero-order valence-electron chi connectivity index (χ0n) is 11.4. The van der Waals surface area contributed by atoms with Crippen LogP contribution >= 0.6 is 0 Å². The molecule has 2 rings (SSSR count). The fourth-order valence-corrected chi connectivity index (χ4v) is 2.83. The number of rotatable bonds is 2. The van der Waals surface area contributed by atoms with Crippen molar-refractivity contribution >= 4 is 5.69 Å². The first-order chi connectivity index (χ1) is 8.40. The Morgan fingerprint density at radius 1 is 1.28 bits per heavy atom. The van der Waals surface area contributed by atoms with Gasteiger partial charge in [-0.15, -0.1) is 0 Å². The highest BCUT2D eigenvalue weighted by Crippen LogP contribution is 2.39. The van der Waals surface area contributed by atoms with Crippen molar-refractivity contribution in [1.82, 2.24) is 4.98 Å². The van der Waals surface area contributed by atoms with E-state index >= 15 is 0 Å². The third-order valence-corrected chi connectivity index (χ3v) is 4.22. The van der Waals surface area contributed by atoms with Crippen molar-refractivity contribution in [3.05, 3.63) is 24.0 Å². The number of nitrogens with zero attached hydrogens (tertiary/aromatic N) is 1. The fraction of sp³-hybridized carbons (Fsp3) is 0.667. The molecule has 100 valence electrons. The molecule has 3 nitrogen and oxygen atoms in total. The summed E-state index contributed by atoms with van der Waals surface area (Å²) in [6.07, 6.45) is 9.18. The molecule has 0 aliphatic heterocycles. The van der Waals surface area contributed by atoms with E-state index in [-0.39, 0.29) is 0 Å². The predicted molar refractivity (Wildman–Crippen MR) is 74.2 cm³/mol. The Hall–Kier alpha value is -1.09. The van der Waals surface area contributed by atoms with Crippen LogP contribution in [0.15, 0.2) is 18.5 Å². The van der Waals surface area contributed by atoms with Gasteiger partial charge in [0.05, 0.1) is 5.60 Å². The first-order valence-corrected chi connectivity index (χ1v) is 6.81. The second-order valence-electron chi connectivity index (χ2n) is 6.49. The van der Waals surface area contributed by atoms with E-state index in [2.05, 4.69) is 18.8 Å². The van der Waals surface area contributed by atoms with Crippen LogP contribution in [-0.2, 0) is 6.42 Å². The van der Waals surface area contributed by atoms with Crippen molar-refractivity contribution in [2.24, 2.45) is 5.41 Å². The number of aliphatic hydroxyl groups is 1. The average molecular weight is 248 g/mol. The average Bonchev–Trinajstić information content (AvgIpc) is 2.42. The van der Waals surface area contributed by atoms with Gasteiger partial charge in [0, 0.05) is 24.5 Å². The van der Waals surface area contributed by atoms with Gasteiger partial charge in [0.2, 0.25) is 0 Å². The molecule has 1 heterocycles. The van der Waals surface area contributed by atoms with E-state index in [4.69, 9.17) is 5.73 Å². The second kappa shape index (κ2) is 4.88. The molecule has 1 aliphatic rings. The summed E-state index contributed by atoms with van der Waals surface area (Å²) >= 11 is 0. The normalized spacial score (nSPS) is 27.7. The number of anilines is 1. The highest BCUT2D eigenvalue weighted by molar-refractivity contribution is 5.45. The minimum Gasteiger partial charge on any atom is -0.398 e. The molecule has 1 fully saturated rings. The van der Waals surface area contributed by atoms with Gasteiger partial charge < -0.3 is 10.8 Å². The van der Waals surface area contributed by atoms with E-state index < -0.39 is 5.60 Å². The first-order valence-electron chi connectivity index (χ1n) is 6.81. The molecule has 0 saturated heterocycles. The van der Waals surface area contributed by atoms with Gasteiger partial charge in [0.1, 0.15) is 0 Å². The summed E-state index contributed by atoms with van der Waals surface area (Å²) in [4.78, 5) is 4.10. The van der Waals surface area contributed by atoms with Crippen molar-refractivity contribution in [2.75, 3.05) is 5.73 Å². The fourth-order valence-electron chi connectivity index (χ4n) is 2.83. The molecule has 0 radical (unpaired) electrons. The first kappa shape index (κ1) is 13.3. The summed E-state index contributed by atoms with van der Waals surface area (Å²) in [5, 5.41) is 10.8. The molecule has 0 spiro atoms. The Bertz CT molecular complexity index is 417. The van der Waals surface area contributed by atoms with Gasteiger partial charge >= 0.3 is 0 Å². The van der Waals surface area contributed by atoms with Crippen LogP contribution < -0.4 is 5.73 Å². The number of hydrogen-bond donors (Lipinski definition) is 2. The highest BCUT2D eigenvalue weighted by atomic mass is 16.3. The van der Waals surface area contributed by atoms with E-state index in [1.165, 1.54) is 6.42 Å². The van der Waals surface area contributed by atoms with Gasteiger partial charge in [-0.25, -0.2) is 0 Å². The van der Waals surface area contributed by atoms with Gasteiger partial charge in [-0.05, 0) is 42.7 Å². The predicted octanol–water partition coefficient (Wildman–Crippen LogP) is 2.93. The molecule has 0 aromatic carbocycles. The zero-order chi connectivity index (χ0) is 13.2. The molecule has 3 N–H and O–H groups in total. The summed E-state index contributed by atoms with van der Waals surface area (Å²) in [7, 11) is 0. The number of pyridine rings is 1. The van der Waals surface area contributed by atoms with Crippen LogP contribution in [0.4, 0.5) is 5.69 Å². The molecule has 3 heteroatoms. The Kier molecular flexibility index (Phi) is 3.62. The van der Waals surface area contributed by atoms with Gasteiger partial charge in [0.15, 0.2) is 0 Å². The molecule has 1 saturated carbocycles. The number of nitrogens with two attached hydrogens (primary N) is 1. The maximum absolute atomic E-state index is 10.8. The molecule has 1 atom stereocenters. The van der Waals surface area contributed by atoms with Crippen LogP contribution in [0.3, 0.4) is 0 Å². The summed E-state index contributed by atoms with van der Waals surface area (Å²) < 4.78 is 0. The van der Waals surface area contributed by atoms with Crippen molar-refractivity contribution in [3.63, 3.8) is 0 Å². The minimum absolute atomic E-state index is 0.352. The Morgan fingerprint density at radius 3 is 2.78 bits per heavy atom. The van der Waals surface area contributed by atoms with E-state index in [0.29, 0.717) is 11.8 Å². The topological polar surface area (TPSA) is 59.1 Å². The lowest BCUT2D eigenvalue weighted by Crippen LogP contribution is -2.31. The second-order valence-corrected chi connectivity index (χ2v) is 6.49. The summed E-state index contributed by atoms with van der Waals surface area (Å²) in [6, 6.07) is 1.80. The third-order valence-electron chi connectivity index (χ3n) is 4.22. The number of hydrogen-bond acceptors (Lipinski definition) is 3. The molecule has 1 aromatic rings. The quantitative estimate of drug-likeness (QED) is 0.791. The largest absolute Gasteiger partial charge is 0.398 e. The van der Waals surface area contributed by atoms with Crippen molar-refractivity contribution in [3.8, 4) is 0 Å². The number of aromatic nitrogens is 1. The summed E-state index contributed by atoms with van der Waals surface area (Å²) in [5.41, 5.74) is 7.39. The van der Waals surface area contributed by atoms with E-state index in [1.54, 1.807) is 18.5 Å². The van der Waals surface area contributed by atoms with Gasteiger partial charge in [-0.2, -0.15) is 0 Å². The van der Waals surface area contributed by atoms with Crippen LogP contribution in [0.25, 0.3) is 0 Å². The summed E-state index contributed by atoms with van der Waals surface area (Å²) in [6.45, 7) is 4.58. The molecule has 1 aromatic heterocycles. The SMILES string of the molecule is CC1(C)CCCC(O)(Cc2cnccc2N)CC1. The van der Waals surface area contributed by atoms with E-state index in [1.807, 2.05) is 0 Å². The molecular formula is C15H24N2O. The monoisotopic (exact) mass is 248 g/mol. The van der Waals surface area contributed by atoms with Crippen molar-refractivity contribution in [2.45, 2.75) is 58.0 Å². The lowest BCUT2D eigenvalue weighted by molar-refractivity contribution is 0.0227. The number of nitrogen functional groups attached to an aromatic ring is 1. The Balaban J connectivity index is 2.10. The third kappa shape index (κ3) is 3.22.